The molecule has 51 heavy (non-hydrogen) atoms. The average molecular weight is 738 g/mol. The van der Waals surface area contributed by atoms with Crippen molar-refractivity contribution >= 4 is 40.9 Å². The Labute approximate surface area is 308 Å². The molecule has 2 heterocycles. The van der Waals surface area contributed by atoms with Gasteiger partial charge in [-0.1, -0.05) is 61.0 Å². The second-order valence-corrected chi connectivity index (χ2v) is 15.5. The van der Waals surface area contributed by atoms with E-state index in [4.69, 9.17) is 9.47 Å². The number of amides is 4. The molecule has 0 spiro atoms. The van der Waals surface area contributed by atoms with Gasteiger partial charge in [-0.15, -0.1) is 11.3 Å². The number of ether oxygens (including phenoxy) is 2. The quantitative estimate of drug-likeness (QED) is 0.148. The van der Waals surface area contributed by atoms with Gasteiger partial charge in [0.15, 0.2) is 0 Å². The average Bonchev–Trinajstić information content (AvgIpc) is 3.79. The normalized spacial score (nSPS) is 19.5. The zero-order valence-electron chi connectivity index (χ0n) is 32.4. The van der Waals surface area contributed by atoms with Crippen molar-refractivity contribution in [1.29, 1.82) is 0 Å². The van der Waals surface area contributed by atoms with Crippen LogP contribution in [-0.2, 0) is 39.9 Å². The van der Waals surface area contributed by atoms with E-state index in [0.29, 0.717) is 19.4 Å². The second-order valence-electron chi connectivity index (χ2n) is 14.5. The van der Waals surface area contributed by atoms with E-state index in [1.807, 2.05) is 59.1 Å². The molecule has 4 amide bonds. The number of methoxy groups -OCH3 is 2. The Hall–Kier alpha value is -3.07. The molecular weight excluding hydrogens is 675 g/mol. The first-order valence-corrected chi connectivity index (χ1v) is 19.1. The number of likely N-dealkylation sites (tertiary alicyclic amines) is 1. The summed E-state index contributed by atoms with van der Waals surface area (Å²) in [6.07, 6.45) is 0.886. The smallest absolute Gasteiger partial charge is 0.326 e. The van der Waals surface area contributed by atoms with E-state index in [0.717, 1.165) is 11.3 Å². The summed E-state index contributed by atoms with van der Waals surface area (Å²) in [5.41, 5.74) is 0. The number of thiophene rings is 1. The third-order valence-corrected chi connectivity index (χ3v) is 11.2. The molecule has 9 atom stereocenters. The summed E-state index contributed by atoms with van der Waals surface area (Å²) in [6, 6.07) is 0.450. The standard InChI is InChI=1S/C37H63N5O8S/c1-12-23(6)32(41(9)36(46)31(22(4)5)40-35(45)30(38-8)21(2)3)28(49-10)20-29(43)42-17-13-16-27(42)33(50-11)24(7)34(44)39-26(37(47)48)19-25-15-14-18-51-25/h14-15,18,21-24,26-28,30-33,38H,12-13,16-17,19-20H2,1-11H3,(H,39,44)(H,40,45)(H,47,48)/t23?,24?,26?,27-,28?,30?,31?,32?,33?/m0/s1. The third-order valence-electron chi connectivity index (χ3n) is 10.3. The second kappa shape index (κ2) is 20.8. The number of hydrogen-bond acceptors (Lipinski definition) is 9. The predicted molar refractivity (Wildman–Crippen MR) is 198 cm³/mol. The molecule has 0 saturated carbocycles. The SMILES string of the molecule is CCC(C)C(C(CC(=O)N1CCC[C@H]1C(OC)C(C)C(=O)NC(Cc1cccs1)C(=O)O)OC)N(C)C(=O)C(NC(=O)C(NC)C(C)C)C(C)C. The summed E-state index contributed by atoms with van der Waals surface area (Å²) < 4.78 is 11.8. The molecule has 1 aliphatic heterocycles. The molecule has 14 heteroatoms. The van der Waals surface area contributed by atoms with E-state index in [9.17, 15) is 29.1 Å². The van der Waals surface area contributed by atoms with E-state index in [1.165, 1.54) is 25.6 Å². The van der Waals surface area contributed by atoms with Gasteiger partial charge in [-0.2, -0.15) is 0 Å². The number of nitrogens with zero attached hydrogens (tertiary/aromatic N) is 2. The summed E-state index contributed by atoms with van der Waals surface area (Å²) in [4.78, 5) is 71.0. The maximum Gasteiger partial charge on any atom is 0.326 e. The van der Waals surface area contributed by atoms with Crippen molar-refractivity contribution in [2.45, 2.75) is 123 Å². The number of carbonyl (C=O) groups excluding carboxylic acids is 4. The highest BCUT2D eigenvalue weighted by atomic mass is 32.1. The fraction of sp³-hybridized carbons (Fsp3) is 0.757. The molecule has 1 aliphatic rings. The highest BCUT2D eigenvalue weighted by molar-refractivity contribution is 7.09. The van der Waals surface area contributed by atoms with Gasteiger partial charge in [-0.05, 0) is 49.1 Å². The molecule has 2 rings (SSSR count). The Bertz CT molecular complexity index is 1280. The Morgan fingerprint density at radius 2 is 1.65 bits per heavy atom. The molecule has 1 aromatic rings. The largest absolute Gasteiger partial charge is 0.480 e. The highest BCUT2D eigenvalue weighted by Gasteiger charge is 2.43. The van der Waals surface area contributed by atoms with Gasteiger partial charge in [0.05, 0.1) is 42.7 Å². The number of carbonyl (C=O) groups is 5. The first-order chi connectivity index (χ1) is 24.0. The number of carboxylic acids is 1. The molecule has 8 unspecified atom stereocenters. The van der Waals surface area contributed by atoms with Gasteiger partial charge in [-0.25, -0.2) is 4.79 Å². The molecule has 0 aliphatic carbocycles. The Balaban J connectivity index is 2.26. The van der Waals surface area contributed by atoms with Gasteiger partial charge in [0.1, 0.15) is 12.1 Å². The van der Waals surface area contributed by atoms with Crippen molar-refractivity contribution in [3.8, 4) is 0 Å². The topological polar surface area (TPSA) is 167 Å². The molecule has 4 N–H and O–H groups in total. The van der Waals surface area contributed by atoms with E-state index in [-0.39, 0.29) is 48.3 Å². The maximum absolute atomic E-state index is 14.1. The number of rotatable bonds is 21. The lowest BCUT2D eigenvalue weighted by Crippen LogP contribution is -2.59. The van der Waals surface area contributed by atoms with Crippen LogP contribution in [0.25, 0.3) is 0 Å². The Morgan fingerprint density at radius 1 is 1.00 bits per heavy atom. The van der Waals surface area contributed by atoms with Gasteiger partial charge in [0, 0.05) is 39.1 Å². The van der Waals surface area contributed by atoms with E-state index in [1.54, 1.807) is 30.8 Å². The third kappa shape index (κ3) is 11.7. The highest BCUT2D eigenvalue weighted by Crippen LogP contribution is 2.30. The van der Waals surface area contributed by atoms with E-state index in [2.05, 4.69) is 16.0 Å². The minimum Gasteiger partial charge on any atom is -0.480 e. The van der Waals surface area contributed by atoms with Crippen LogP contribution < -0.4 is 16.0 Å². The number of carboxylic acid groups (broad SMARTS) is 1. The van der Waals surface area contributed by atoms with Gasteiger partial charge >= 0.3 is 5.97 Å². The van der Waals surface area contributed by atoms with Crippen molar-refractivity contribution < 1.29 is 38.6 Å². The fourth-order valence-electron chi connectivity index (χ4n) is 7.18. The van der Waals surface area contributed by atoms with Gasteiger partial charge in [-0.3, -0.25) is 19.2 Å². The van der Waals surface area contributed by atoms with Crippen molar-refractivity contribution in [2.24, 2.45) is 23.7 Å². The zero-order chi connectivity index (χ0) is 38.6. The maximum atomic E-state index is 14.1. The zero-order valence-corrected chi connectivity index (χ0v) is 33.2. The molecule has 0 aromatic carbocycles. The monoisotopic (exact) mass is 737 g/mol. The fourth-order valence-corrected chi connectivity index (χ4v) is 7.93. The van der Waals surface area contributed by atoms with E-state index >= 15 is 0 Å². The molecule has 1 saturated heterocycles. The van der Waals surface area contributed by atoms with Crippen molar-refractivity contribution in [3.05, 3.63) is 22.4 Å². The summed E-state index contributed by atoms with van der Waals surface area (Å²) >= 11 is 1.43. The van der Waals surface area contributed by atoms with Crippen molar-refractivity contribution in [3.63, 3.8) is 0 Å². The van der Waals surface area contributed by atoms with Crippen molar-refractivity contribution in [1.82, 2.24) is 25.8 Å². The van der Waals surface area contributed by atoms with Crippen molar-refractivity contribution in [2.75, 3.05) is 34.9 Å². The van der Waals surface area contributed by atoms with Crippen LogP contribution in [0.5, 0.6) is 0 Å². The number of likely N-dealkylation sites (N-methyl/N-ethyl adjacent to an activating group) is 2. The molecule has 0 bridgehead atoms. The summed E-state index contributed by atoms with van der Waals surface area (Å²) in [5.74, 6) is -3.22. The lowest BCUT2D eigenvalue weighted by molar-refractivity contribution is -0.148. The van der Waals surface area contributed by atoms with E-state index < -0.39 is 60.2 Å². The summed E-state index contributed by atoms with van der Waals surface area (Å²) in [6.45, 7) is 13.9. The number of aliphatic carboxylic acids is 1. The van der Waals surface area contributed by atoms with Crippen LogP contribution in [0.3, 0.4) is 0 Å². The van der Waals surface area contributed by atoms with Crippen LogP contribution in [0.1, 0.15) is 79.0 Å². The van der Waals surface area contributed by atoms with Crippen LogP contribution in [0.2, 0.25) is 0 Å². The first-order valence-electron chi connectivity index (χ1n) is 18.2. The van der Waals surface area contributed by atoms with Gasteiger partial charge in [0.2, 0.25) is 23.6 Å². The lowest BCUT2D eigenvalue weighted by Gasteiger charge is -2.41. The van der Waals surface area contributed by atoms with Crippen LogP contribution >= 0.6 is 11.3 Å². The number of hydrogen-bond donors (Lipinski definition) is 4. The molecule has 13 nitrogen and oxygen atoms in total. The number of nitrogens with one attached hydrogen (secondary N) is 3. The Morgan fingerprint density at radius 3 is 2.14 bits per heavy atom. The molecular formula is C37H63N5O8S. The molecule has 290 valence electrons. The predicted octanol–water partition coefficient (Wildman–Crippen LogP) is 3.17. The summed E-state index contributed by atoms with van der Waals surface area (Å²) in [7, 11) is 6.46. The molecule has 1 fully saturated rings. The van der Waals surface area contributed by atoms with Gasteiger partial charge in [0.25, 0.3) is 0 Å². The first kappa shape index (κ1) is 44.1. The minimum absolute atomic E-state index is 0.00752. The molecule has 0 radical (unpaired) electrons. The minimum atomic E-state index is -1.12. The van der Waals surface area contributed by atoms with Gasteiger partial charge < -0.3 is 40.3 Å². The Kier molecular flexibility index (Phi) is 18.0. The lowest BCUT2D eigenvalue weighted by atomic mass is 9.89. The van der Waals surface area contributed by atoms with Crippen LogP contribution in [-0.4, -0.2) is 122 Å². The van der Waals surface area contributed by atoms with Crippen LogP contribution in [0, 0.1) is 23.7 Å². The summed E-state index contributed by atoms with van der Waals surface area (Å²) in [5, 5.41) is 20.3. The van der Waals surface area contributed by atoms with Crippen LogP contribution in [0.15, 0.2) is 17.5 Å². The van der Waals surface area contributed by atoms with Crippen LogP contribution in [0.4, 0.5) is 0 Å². The molecule has 1 aromatic heterocycles.